The average Bonchev–Trinajstić information content (AvgIpc) is 3.42. The summed E-state index contributed by atoms with van der Waals surface area (Å²) >= 11 is 12.4. The van der Waals surface area contributed by atoms with E-state index in [-0.39, 0.29) is 26.4 Å². The molecule has 3 aromatic rings. The van der Waals surface area contributed by atoms with Crippen molar-refractivity contribution >= 4 is 62.2 Å². The summed E-state index contributed by atoms with van der Waals surface area (Å²) in [7, 11) is -3.84. The number of nitrogens with one attached hydrogen (secondary N) is 3. The van der Waals surface area contributed by atoms with Gasteiger partial charge in [-0.2, -0.15) is 0 Å². The standard InChI is InChI=1S/C28H30Cl2N4O4S/c1-4-34(5-2)12-11-31-27(35)21-13-17(3)32-26(21)15-20-19-14-18(9-10-25(19)33-28(20)36)39(37,38)16-22-23(29)7-6-8-24(22)30/h6-10,13-15,32H,4-5,11-12,16H2,1-3H3,(H,31,35)(H,33,36)/b20-15-. The molecule has 0 fully saturated rings. The number of carbonyl (C=O) groups excluding carboxylic acids is 2. The predicted octanol–water partition coefficient (Wildman–Crippen LogP) is 5.17. The summed E-state index contributed by atoms with van der Waals surface area (Å²) in [5, 5.41) is 6.22. The Balaban J connectivity index is 1.64. The Bertz CT molecular complexity index is 1540. The van der Waals surface area contributed by atoms with Crippen LogP contribution in [0.3, 0.4) is 0 Å². The molecule has 39 heavy (non-hydrogen) atoms. The van der Waals surface area contributed by atoms with Crippen LogP contribution in [0.1, 0.15) is 46.7 Å². The number of likely N-dealkylation sites (N-methyl/N-ethyl adjacent to an activating group) is 1. The van der Waals surface area contributed by atoms with Crippen molar-refractivity contribution in [2.45, 2.75) is 31.4 Å². The van der Waals surface area contributed by atoms with Crippen LogP contribution in [0, 0.1) is 6.92 Å². The Labute approximate surface area is 238 Å². The third-order valence-corrected chi connectivity index (χ3v) is 9.00. The number of hydrogen-bond donors (Lipinski definition) is 3. The van der Waals surface area contributed by atoms with Gasteiger partial charge < -0.3 is 20.5 Å². The van der Waals surface area contributed by atoms with E-state index < -0.39 is 21.5 Å². The number of aryl methyl sites for hydroxylation is 1. The maximum atomic E-state index is 13.3. The molecule has 3 N–H and O–H groups in total. The minimum Gasteiger partial charge on any atom is -0.358 e. The number of sulfone groups is 1. The molecule has 206 valence electrons. The fourth-order valence-corrected chi connectivity index (χ4v) is 6.59. The van der Waals surface area contributed by atoms with Crippen LogP contribution in [0.25, 0.3) is 11.6 Å². The summed E-state index contributed by atoms with van der Waals surface area (Å²) in [6, 6.07) is 11.0. The van der Waals surface area contributed by atoms with Gasteiger partial charge in [0.05, 0.1) is 27.5 Å². The SMILES string of the molecule is CCN(CC)CCNC(=O)c1cc(C)[nH]c1/C=C1\C(=O)Nc2ccc(S(=O)(=O)Cc3c(Cl)cccc3Cl)cc21. The average molecular weight is 590 g/mol. The van der Waals surface area contributed by atoms with E-state index in [1.807, 2.05) is 6.92 Å². The van der Waals surface area contributed by atoms with Gasteiger partial charge in [-0.3, -0.25) is 9.59 Å². The number of aromatic nitrogens is 1. The van der Waals surface area contributed by atoms with E-state index >= 15 is 0 Å². The van der Waals surface area contributed by atoms with Gasteiger partial charge >= 0.3 is 0 Å². The van der Waals surface area contributed by atoms with Crippen molar-refractivity contribution in [3.8, 4) is 0 Å². The number of anilines is 1. The number of nitrogens with zero attached hydrogens (tertiary/aromatic N) is 1. The number of H-pyrrole nitrogens is 1. The second-order valence-electron chi connectivity index (χ2n) is 9.24. The van der Waals surface area contributed by atoms with Gasteiger partial charge in [-0.25, -0.2) is 8.42 Å². The Morgan fingerprint density at radius 1 is 1.08 bits per heavy atom. The van der Waals surface area contributed by atoms with E-state index in [1.54, 1.807) is 36.4 Å². The maximum absolute atomic E-state index is 13.3. The van der Waals surface area contributed by atoms with Crippen molar-refractivity contribution in [2.75, 3.05) is 31.5 Å². The maximum Gasteiger partial charge on any atom is 0.256 e. The van der Waals surface area contributed by atoms with E-state index in [2.05, 4.69) is 34.4 Å². The summed E-state index contributed by atoms with van der Waals surface area (Å²) in [6.45, 7) is 8.96. The van der Waals surface area contributed by atoms with Crippen LogP contribution in [-0.4, -0.2) is 56.3 Å². The van der Waals surface area contributed by atoms with Gasteiger partial charge in [0, 0.05) is 45.6 Å². The van der Waals surface area contributed by atoms with E-state index in [9.17, 15) is 18.0 Å². The second kappa shape index (κ2) is 12.0. The Kier molecular flexibility index (Phi) is 8.86. The van der Waals surface area contributed by atoms with Gasteiger partial charge in [0.2, 0.25) is 0 Å². The molecule has 4 rings (SSSR count). The lowest BCUT2D eigenvalue weighted by Gasteiger charge is -2.17. The van der Waals surface area contributed by atoms with Crippen LogP contribution in [0.4, 0.5) is 5.69 Å². The zero-order valence-corrected chi connectivity index (χ0v) is 24.2. The fourth-order valence-electron chi connectivity index (χ4n) is 4.47. The first-order chi connectivity index (χ1) is 18.5. The summed E-state index contributed by atoms with van der Waals surface area (Å²) in [5.41, 5.74) is 3.07. The molecule has 0 saturated carbocycles. The van der Waals surface area contributed by atoms with Crippen molar-refractivity contribution in [3.63, 3.8) is 0 Å². The molecule has 2 aromatic carbocycles. The molecule has 2 amide bonds. The molecular weight excluding hydrogens is 559 g/mol. The fraction of sp³-hybridized carbons (Fsp3) is 0.286. The van der Waals surface area contributed by atoms with Crippen LogP contribution < -0.4 is 10.6 Å². The van der Waals surface area contributed by atoms with Crippen molar-refractivity contribution in [1.82, 2.24) is 15.2 Å². The monoisotopic (exact) mass is 588 g/mol. The lowest BCUT2D eigenvalue weighted by Crippen LogP contribution is -2.34. The van der Waals surface area contributed by atoms with Crippen molar-refractivity contribution < 1.29 is 18.0 Å². The van der Waals surface area contributed by atoms with Crippen LogP contribution in [0.2, 0.25) is 10.0 Å². The number of benzene rings is 2. The molecule has 1 aliphatic rings. The molecule has 0 aliphatic carbocycles. The predicted molar refractivity (Wildman–Crippen MR) is 156 cm³/mol. The minimum absolute atomic E-state index is 0.0247. The van der Waals surface area contributed by atoms with Gasteiger partial charge in [-0.1, -0.05) is 43.1 Å². The van der Waals surface area contributed by atoms with Crippen LogP contribution in [-0.2, 0) is 20.4 Å². The number of carbonyl (C=O) groups is 2. The molecule has 1 aromatic heterocycles. The molecule has 0 spiro atoms. The van der Waals surface area contributed by atoms with E-state index in [0.717, 1.165) is 25.3 Å². The molecular formula is C28H30Cl2N4O4S. The first-order valence-corrected chi connectivity index (χ1v) is 15.0. The summed E-state index contributed by atoms with van der Waals surface area (Å²) < 4.78 is 26.6. The smallest absolute Gasteiger partial charge is 0.256 e. The molecule has 1 aliphatic heterocycles. The van der Waals surface area contributed by atoms with Crippen molar-refractivity contribution in [3.05, 3.63) is 80.6 Å². The topological polar surface area (TPSA) is 111 Å². The molecule has 2 heterocycles. The molecule has 8 nitrogen and oxygen atoms in total. The van der Waals surface area contributed by atoms with Crippen molar-refractivity contribution in [1.29, 1.82) is 0 Å². The normalized spacial score (nSPS) is 14.1. The van der Waals surface area contributed by atoms with E-state index in [4.69, 9.17) is 23.2 Å². The summed E-state index contributed by atoms with van der Waals surface area (Å²) in [5.74, 6) is -1.04. The van der Waals surface area contributed by atoms with Crippen LogP contribution >= 0.6 is 23.2 Å². The van der Waals surface area contributed by atoms with Gasteiger partial charge in [0.15, 0.2) is 9.84 Å². The molecule has 0 saturated heterocycles. The third kappa shape index (κ3) is 6.38. The Hall–Kier alpha value is -3.11. The first kappa shape index (κ1) is 28.9. The summed E-state index contributed by atoms with van der Waals surface area (Å²) in [4.78, 5) is 31.2. The lowest BCUT2D eigenvalue weighted by atomic mass is 10.0. The van der Waals surface area contributed by atoms with Gasteiger partial charge in [0.1, 0.15) is 0 Å². The van der Waals surface area contributed by atoms with E-state index in [1.165, 1.54) is 12.1 Å². The van der Waals surface area contributed by atoms with Crippen LogP contribution in [0.5, 0.6) is 0 Å². The molecule has 0 atom stereocenters. The molecule has 0 radical (unpaired) electrons. The zero-order valence-electron chi connectivity index (χ0n) is 21.9. The van der Waals surface area contributed by atoms with Crippen LogP contribution in [0.15, 0.2) is 47.4 Å². The number of hydrogen-bond acceptors (Lipinski definition) is 5. The quantitative estimate of drug-likeness (QED) is 0.283. The molecule has 0 unspecified atom stereocenters. The number of amides is 2. The highest BCUT2D eigenvalue weighted by Crippen LogP contribution is 2.36. The second-order valence-corrected chi connectivity index (χ2v) is 12.0. The molecule has 11 heteroatoms. The highest BCUT2D eigenvalue weighted by atomic mass is 35.5. The third-order valence-electron chi connectivity index (χ3n) is 6.65. The highest BCUT2D eigenvalue weighted by Gasteiger charge is 2.28. The number of aromatic amines is 1. The van der Waals surface area contributed by atoms with E-state index in [0.29, 0.717) is 34.6 Å². The number of halogens is 2. The number of rotatable bonds is 10. The van der Waals surface area contributed by atoms with Crippen molar-refractivity contribution in [2.24, 2.45) is 0 Å². The van der Waals surface area contributed by atoms with Gasteiger partial charge in [0.25, 0.3) is 11.8 Å². The minimum atomic E-state index is -3.84. The first-order valence-electron chi connectivity index (χ1n) is 12.6. The largest absolute Gasteiger partial charge is 0.358 e. The Morgan fingerprint density at radius 3 is 2.44 bits per heavy atom. The highest BCUT2D eigenvalue weighted by molar-refractivity contribution is 7.90. The number of fused-ring (bicyclic) bond motifs is 1. The van der Waals surface area contributed by atoms with Gasteiger partial charge in [-0.05, 0) is 62.5 Å². The zero-order chi connectivity index (χ0) is 28.3. The summed E-state index contributed by atoms with van der Waals surface area (Å²) in [6.07, 6.45) is 1.58. The lowest BCUT2D eigenvalue weighted by molar-refractivity contribution is -0.110. The molecule has 0 bridgehead atoms. The van der Waals surface area contributed by atoms with Gasteiger partial charge in [-0.15, -0.1) is 0 Å². The Morgan fingerprint density at radius 2 is 1.77 bits per heavy atom.